The van der Waals surface area contributed by atoms with Crippen LogP contribution in [0.4, 0.5) is 0 Å². The van der Waals surface area contributed by atoms with Crippen LogP contribution in [0.25, 0.3) is 89.7 Å². The van der Waals surface area contributed by atoms with Crippen molar-refractivity contribution in [2.45, 2.75) is 253 Å². The number of aryl methyl sites for hydroxylation is 8. The Morgan fingerprint density at radius 1 is 0.361 bits per heavy atom. The van der Waals surface area contributed by atoms with Gasteiger partial charge in [0, 0.05) is 118 Å². The number of likely N-dealkylation sites (tertiary alicyclic amines) is 4. The lowest BCUT2D eigenvalue weighted by Gasteiger charge is -2.19. The number of ether oxygens (including phenoxy) is 4. The molecule has 144 heavy (non-hydrogen) atoms. The Balaban J connectivity index is 0.000000189. The summed E-state index contributed by atoms with van der Waals surface area (Å²) in [7, 11) is -9.05. The maximum atomic E-state index is 13.5. The van der Waals surface area contributed by atoms with Crippen LogP contribution in [0.1, 0.15) is 246 Å². The van der Waals surface area contributed by atoms with Crippen molar-refractivity contribution < 1.29 is 92.4 Å². The number of H-pyrrole nitrogens is 4. The van der Waals surface area contributed by atoms with E-state index in [1.165, 1.54) is 73.1 Å². The summed E-state index contributed by atoms with van der Waals surface area (Å²) in [5.41, 5.74) is -5.89. The number of sulfonamides is 4. The maximum Gasteiger partial charge on any atom is 0.277 e. The minimum absolute atomic E-state index is 0.00923. The van der Waals surface area contributed by atoms with Gasteiger partial charge in [0.1, 0.15) is 68.4 Å². The van der Waals surface area contributed by atoms with Crippen molar-refractivity contribution in [3.63, 3.8) is 0 Å². The molecule has 4 aliphatic heterocycles. The molecular formula is C100H144N24O16S4. The van der Waals surface area contributed by atoms with E-state index in [9.17, 15) is 52.8 Å². The van der Waals surface area contributed by atoms with E-state index < -0.39 is 212 Å². The second-order valence-electron chi connectivity index (χ2n) is 34.3. The molecule has 40 nitrogen and oxygen atoms in total. The third kappa shape index (κ3) is 26.5. The molecule has 0 spiro atoms. The van der Waals surface area contributed by atoms with Crippen LogP contribution in [-0.4, -0.2) is 263 Å². The van der Waals surface area contributed by atoms with Crippen LogP contribution < -0.4 is 60.1 Å². The number of hydrogen-bond donors (Lipinski definition) is 8. The van der Waals surface area contributed by atoms with Crippen molar-refractivity contribution >= 4 is 84.2 Å². The summed E-state index contributed by atoms with van der Waals surface area (Å²) >= 11 is 0. The molecule has 16 rings (SSSR count). The first-order chi connectivity index (χ1) is 80.1. The maximum absolute atomic E-state index is 13.5. The highest BCUT2D eigenvalue weighted by Crippen LogP contribution is 2.38. The van der Waals surface area contributed by atoms with Gasteiger partial charge in [0.15, 0.2) is 22.1 Å². The summed E-state index contributed by atoms with van der Waals surface area (Å²) < 4.78 is 378. The Morgan fingerprint density at radius 3 is 0.938 bits per heavy atom. The Labute approximate surface area is 883 Å². The molecule has 5 atom stereocenters. The molecule has 784 valence electrons. The Hall–Kier alpha value is -11.0. The standard InChI is InChI=1S/4C25H36N6O4S/c4*1-5-8-20-22-23(31(4)29-20)25(32)28-24(27-22)19-16-18(10-11-21(19)35-15-6-2)36(33,34)26-13-12-17-9-7-14-30(17)3/h4*10-11,16-17,26H,5-9,12-15H2,1-4H3,(H,27,28,32)/i4D3,8D2,12D2,13D2;4D3,8D2,12D2,13D;4D3,8D2,12D2;1D3,12D2. The number of aromatic amines is 4. The predicted molar refractivity (Wildman–Crippen MR) is 559 cm³/mol. The Bertz CT molecular complexity index is 8620. The van der Waals surface area contributed by atoms with E-state index in [0.29, 0.717) is 103 Å². The molecule has 8 N–H and O–H groups in total. The van der Waals surface area contributed by atoms with Crippen LogP contribution in [-0.2, 0) is 93.6 Å². The summed E-state index contributed by atoms with van der Waals surface area (Å²) in [4.78, 5) is 86.8. The molecule has 0 amide bonds. The smallest absolute Gasteiger partial charge is 0.277 e. The van der Waals surface area contributed by atoms with Gasteiger partial charge in [-0.3, -0.25) is 37.9 Å². The molecule has 4 aliphatic rings. The van der Waals surface area contributed by atoms with Crippen molar-refractivity contribution in [2.75, 3.05) is 107 Å². The van der Waals surface area contributed by atoms with Crippen LogP contribution in [0.2, 0.25) is 0 Å². The van der Waals surface area contributed by atoms with Gasteiger partial charge >= 0.3 is 0 Å². The van der Waals surface area contributed by atoms with Gasteiger partial charge in [0.2, 0.25) is 40.1 Å². The normalized spacial score (nSPS) is 21.1. The Kier molecular flexibility index (Phi) is 26.5. The molecular weight excluding hydrogens is 1920 g/mol. The van der Waals surface area contributed by atoms with Crippen LogP contribution in [0.5, 0.6) is 23.0 Å². The van der Waals surface area contributed by atoms with E-state index in [1.54, 1.807) is 44.9 Å². The van der Waals surface area contributed by atoms with E-state index >= 15 is 0 Å². The average molecular weight is 2100 g/mol. The molecule has 0 saturated carbocycles. The van der Waals surface area contributed by atoms with Gasteiger partial charge in [0.25, 0.3) is 22.2 Å². The molecule has 12 heterocycles. The third-order valence-electron chi connectivity index (χ3n) is 23.9. The molecule has 4 fully saturated rings. The number of fused-ring (bicyclic) bond motifs is 4. The molecule has 4 aromatic carbocycles. The summed E-state index contributed by atoms with van der Waals surface area (Å²) in [5.74, 6) is 0.0283. The minimum Gasteiger partial charge on any atom is -0.493 e. The molecule has 8 aromatic heterocycles. The van der Waals surface area contributed by atoms with E-state index in [2.05, 4.69) is 74.4 Å². The SMILES string of the molecule is [2H]C(NS(=O)(=O)c1ccc(OCCC)c(-c2nc3c(C([2H])([2H])CC)nn(C([2H])([2H])[2H])c3c(=O)[nH]2)c1)C([2H])([2H])C1CCCN1C.[2H]C([2H])(CC)c1nn(C([2H])([2H])[2H])c2c(=O)[nH]c(-c3cc(S(=O)(=O)NC([2H])([2H])C([2H])([2H])C4CCCN4C)ccc3OCCC)nc12.[2H]C([2H])(CC)c1nn(C([2H])([2H])[2H])c2c(=O)[nH]c(-c3cc(S(=O)(=O)NCC([2H])([2H])C4CCCN4C)ccc3OCCC)nc12.[2H]C([2H])([2H])CCc1nn(C)c2c(=O)[nH]c(-c3cc(S(=O)(=O)NCC([2H])([2H])C4CCCN4C)ccc3OCCC)nc12. The number of nitrogens with zero attached hydrogens (tertiary/aromatic N) is 16. The second kappa shape index (κ2) is 49.9. The molecule has 0 aliphatic carbocycles. The number of rotatable bonds is 44. The fraction of sp³-hybridized carbons (Fsp3) is 0.560. The van der Waals surface area contributed by atoms with Crippen molar-refractivity contribution in [3.8, 4) is 68.5 Å². The second-order valence-corrected chi connectivity index (χ2v) is 41.3. The van der Waals surface area contributed by atoms with E-state index in [4.69, 9.17) is 58.7 Å². The summed E-state index contributed by atoms with van der Waals surface area (Å²) in [6.07, 6.45) is -7.76. The van der Waals surface area contributed by atoms with Gasteiger partial charge in [-0.15, -0.1) is 0 Å². The molecule has 0 bridgehead atoms. The first kappa shape index (κ1) is 76.5. The quantitative estimate of drug-likeness (QED) is 0.0176. The lowest BCUT2D eigenvalue weighted by Crippen LogP contribution is -2.31. The zero-order chi connectivity index (χ0) is 129. The fourth-order valence-corrected chi connectivity index (χ4v) is 20.1. The largest absolute Gasteiger partial charge is 0.493 e. The van der Waals surface area contributed by atoms with Crippen LogP contribution >= 0.6 is 0 Å². The average Bonchev–Trinajstić information content (AvgIpc) is 1.58. The number of benzene rings is 4. The van der Waals surface area contributed by atoms with E-state index in [0.717, 1.165) is 50.6 Å². The predicted octanol–water partition coefficient (Wildman–Crippen LogP) is 11.3. The molecule has 5 unspecified atom stereocenters. The molecule has 44 heteroatoms. The van der Waals surface area contributed by atoms with Crippen molar-refractivity contribution in [1.29, 1.82) is 0 Å². The number of aromatic nitrogens is 16. The topological polar surface area (TPSA) is 489 Å². The zero-order valence-electron chi connectivity index (χ0n) is 111. The van der Waals surface area contributed by atoms with Gasteiger partial charge in [-0.25, -0.2) is 72.5 Å². The monoisotopic (exact) mass is 2090 g/mol. The Morgan fingerprint density at radius 2 is 0.646 bits per heavy atom. The van der Waals surface area contributed by atoms with Gasteiger partial charge < -0.3 is 58.5 Å². The summed E-state index contributed by atoms with van der Waals surface area (Å²) in [5, 5.41) is 16.1. The highest BCUT2D eigenvalue weighted by molar-refractivity contribution is 7.90. The van der Waals surface area contributed by atoms with Crippen LogP contribution in [0.15, 0.2) is 112 Å². The zero-order valence-corrected chi connectivity index (χ0v) is 85.5. The van der Waals surface area contributed by atoms with Crippen LogP contribution in [0, 0.1) is 0 Å². The molecule has 4 saturated heterocycles. The summed E-state index contributed by atoms with van der Waals surface area (Å²) in [6, 6.07) is 12.9. The van der Waals surface area contributed by atoms with Gasteiger partial charge in [-0.2, -0.15) is 20.4 Å². The van der Waals surface area contributed by atoms with E-state index in [-0.39, 0.29) is 168 Å². The van der Waals surface area contributed by atoms with Crippen molar-refractivity contribution in [1.82, 2.24) is 117 Å². The number of hydrogen-bond acceptors (Lipinski definition) is 28. The number of nitrogens with one attached hydrogen (secondary N) is 8. The lowest BCUT2D eigenvalue weighted by atomic mass is 10.1. The van der Waals surface area contributed by atoms with E-state index in [1.807, 2.05) is 49.3 Å². The summed E-state index contributed by atoms with van der Waals surface area (Å²) in [6.45, 7) is -1.01. The minimum atomic E-state index is -4.73. The van der Waals surface area contributed by atoms with Gasteiger partial charge in [-0.05, 0) is 255 Å². The van der Waals surface area contributed by atoms with Gasteiger partial charge in [0.05, 0.1) is 91.0 Å². The first-order valence-corrected chi connectivity index (χ1v) is 53.5. The first-order valence-electron chi connectivity index (χ1n) is 62.1. The lowest BCUT2D eigenvalue weighted by molar-refractivity contribution is 0.297. The molecule has 0 radical (unpaired) electrons. The third-order valence-corrected chi connectivity index (χ3v) is 29.2. The highest BCUT2D eigenvalue weighted by Gasteiger charge is 2.32. The highest BCUT2D eigenvalue weighted by atomic mass is 32.2. The fourth-order valence-electron chi connectivity index (χ4n) is 16.5. The van der Waals surface area contributed by atoms with Gasteiger partial charge in [-0.1, -0.05) is 81.0 Å². The van der Waals surface area contributed by atoms with Crippen molar-refractivity contribution in [3.05, 3.63) is 137 Å². The van der Waals surface area contributed by atoms with Crippen molar-refractivity contribution in [2.24, 2.45) is 28.0 Å². The molecule has 12 aromatic rings. The van der Waals surface area contributed by atoms with Crippen LogP contribution in [0.3, 0.4) is 0 Å².